The van der Waals surface area contributed by atoms with Gasteiger partial charge in [0.1, 0.15) is 0 Å². The summed E-state index contributed by atoms with van der Waals surface area (Å²) in [7, 11) is 0. The van der Waals surface area contributed by atoms with Gasteiger partial charge in [-0.3, -0.25) is 4.90 Å². The maximum Gasteiger partial charge on any atom is 0.0476 e. The second-order valence-electron chi connectivity index (χ2n) is 5.97. The van der Waals surface area contributed by atoms with Gasteiger partial charge in [0.15, 0.2) is 0 Å². The minimum atomic E-state index is 0.471. The maximum absolute atomic E-state index is 3.54. The summed E-state index contributed by atoms with van der Waals surface area (Å²) >= 11 is 0. The van der Waals surface area contributed by atoms with Crippen molar-refractivity contribution < 1.29 is 0 Å². The Kier molecular flexibility index (Phi) is 4.37. The van der Waals surface area contributed by atoms with E-state index >= 15 is 0 Å². The summed E-state index contributed by atoms with van der Waals surface area (Å²) in [5, 5.41) is 3.54. The van der Waals surface area contributed by atoms with Gasteiger partial charge >= 0.3 is 0 Å². The van der Waals surface area contributed by atoms with E-state index in [4.69, 9.17) is 0 Å². The van der Waals surface area contributed by atoms with E-state index in [1.54, 1.807) is 0 Å². The summed E-state index contributed by atoms with van der Waals surface area (Å²) in [6.07, 6.45) is 0. The molecule has 1 aliphatic heterocycles. The molecule has 0 aromatic heterocycles. The lowest BCUT2D eigenvalue weighted by molar-refractivity contribution is 0.153. The zero-order chi connectivity index (χ0) is 14.7. The number of piperazine rings is 1. The zero-order valence-electron chi connectivity index (χ0n) is 13.0. The first kappa shape index (κ1) is 14.3. The molecule has 0 saturated carbocycles. The van der Waals surface area contributed by atoms with E-state index < -0.39 is 0 Å². The van der Waals surface area contributed by atoms with Crippen molar-refractivity contribution in [3.8, 4) is 0 Å². The highest BCUT2D eigenvalue weighted by atomic mass is 15.2. The third-order valence-corrected chi connectivity index (χ3v) is 4.54. The first-order chi connectivity index (χ1) is 10.3. The van der Waals surface area contributed by atoms with Gasteiger partial charge in [-0.05, 0) is 36.1 Å². The Morgan fingerprint density at radius 3 is 2.43 bits per heavy atom. The predicted molar refractivity (Wildman–Crippen MR) is 88.4 cm³/mol. The number of aryl methyl sites for hydroxylation is 2. The van der Waals surface area contributed by atoms with E-state index in [1.165, 1.54) is 22.3 Å². The molecule has 2 aromatic rings. The van der Waals surface area contributed by atoms with Crippen LogP contribution in [-0.2, 0) is 6.54 Å². The molecule has 1 fully saturated rings. The van der Waals surface area contributed by atoms with Gasteiger partial charge < -0.3 is 5.32 Å². The van der Waals surface area contributed by atoms with Gasteiger partial charge in [0.25, 0.3) is 0 Å². The molecule has 2 heteroatoms. The molecule has 0 spiro atoms. The number of hydrogen-bond acceptors (Lipinski definition) is 2. The summed E-state index contributed by atoms with van der Waals surface area (Å²) in [5.41, 5.74) is 5.71. The van der Waals surface area contributed by atoms with Crippen LogP contribution in [0.15, 0.2) is 48.5 Å². The summed E-state index contributed by atoms with van der Waals surface area (Å²) in [6, 6.07) is 17.9. The Hall–Kier alpha value is -1.64. The molecule has 3 rings (SSSR count). The lowest BCUT2D eigenvalue weighted by Gasteiger charge is -2.37. The van der Waals surface area contributed by atoms with Crippen LogP contribution in [0.4, 0.5) is 0 Å². The highest BCUT2D eigenvalue weighted by Gasteiger charge is 2.24. The monoisotopic (exact) mass is 280 g/mol. The second kappa shape index (κ2) is 6.42. The quantitative estimate of drug-likeness (QED) is 0.926. The highest BCUT2D eigenvalue weighted by molar-refractivity contribution is 5.33. The molecule has 0 radical (unpaired) electrons. The van der Waals surface area contributed by atoms with E-state index in [1.807, 2.05) is 0 Å². The van der Waals surface area contributed by atoms with Crippen molar-refractivity contribution in [1.82, 2.24) is 10.2 Å². The van der Waals surface area contributed by atoms with Gasteiger partial charge in [-0.2, -0.15) is 0 Å². The van der Waals surface area contributed by atoms with Crippen LogP contribution in [0.25, 0.3) is 0 Å². The van der Waals surface area contributed by atoms with Crippen LogP contribution in [0, 0.1) is 13.8 Å². The lowest BCUT2D eigenvalue weighted by Crippen LogP contribution is -2.45. The van der Waals surface area contributed by atoms with Crippen molar-refractivity contribution in [2.45, 2.75) is 26.4 Å². The van der Waals surface area contributed by atoms with Crippen LogP contribution in [0.3, 0.4) is 0 Å². The van der Waals surface area contributed by atoms with Crippen LogP contribution in [0.2, 0.25) is 0 Å². The van der Waals surface area contributed by atoms with Crippen molar-refractivity contribution in [2.75, 3.05) is 19.6 Å². The number of nitrogens with one attached hydrogen (secondary N) is 1. The molecule has 1 aliphatic rings. The standard InChI is InChI=1S/C19H24N2/c1-15-7-6-8-16(2)18(15)14-21-12-11-20-13-19(21)17-9-4-3-5-10-17/h3-10,19-20H,11-14H2,1-2H3. The van der Waals surface area contributed by atoms with Crippen molar-refractivity contribution in [3.63, 3.8) is 0 Å². The molecule has 2 aromatic carbocycles. The minimum Gasteiger partial charge on any atom is -0.314 e. The summed E-state index contributed by atoms with van der Waals surface area (Å²) in [6.45, 7) is 8.71. The molecular weight excluding hydrogens is 256 g/mol. The summed E-state index contributed by atoms with van der Waals surface area (Å²) in [5.74, 6) is 0. The molecule has 21 heavy (non-hydrogen) atoms. The number of nitrogens with zero attached hydrogens (tertiary/aromatic N) is 1. The third-order valence-electron chi connectivity index (χ3n) is 4.54. The second-order valence-corrected chi connectivity index (χ2v) is 5.97. The van der Waals surface area contributed by atoms with E-state index in [0.717, 1.165) is 26.2 Å². The highest BCUT2D eigenvalue weighted by Crippen LogP contribution is 2.26. The molecule has 110 valence electrons. The Morgan fingerprint density at radius 1 is 1.00 bits per heavy atom. The normalized spacial score (nSPS) is 19.6. The van der Waals surface area contributed by atoms with Crippen molar-refractivity contribution in [1.29, 1.82) is 0 Å². The average molecular weight is 280 g/mol. The predicted octanol–water partition coefficient (Wildman–Crippen LogP) is 3.45. The van der Waals surface area contributed by atoms with Gasteiger partial charge in [-0.25, -0.2) is 0 Å². The third kappa shape index (κ3) is 3.17. The van der Waals surface area contributed by atoms with Crippen LogP contribution in [0.1, 0.15) is 28.3 Å². The van der Waals surface area contributed by atoms with E-state index in [0.29, 0.717) is 6.04 Å². The Balaban J connectivity index is 1.85. The Bertz CT molecular complexity index is 572. The molecule has 0 bridgehead atoms. The smallest absolute Gasteiger partial charge is 0.0476 e. The molecule has 1 unspecified atom stereocenters. The number of rotatable bonds is 3. The topological polar surface area (TPSA) is 15.3 Å². The van der Waals surface area contributed by atoms with Crippen molar-refractivity contribution in [3.05, 3.63) is 70.8 Å². The summed E-state index contributed by atoms with van der Waals surface area (Å²) in [4.78, 5) is 2.61. The lowest BCUT2D eigenvalue weighted by atomic mass is 9.99. The number of hydrogen-bond donors (Lipinski definition) is 1. The van der Waals surface area contributed by atoms with Gasteiger partial charge in [0, 0.05) is 32.2 Å². The molecule has 1 N–H and O–H groups in total. The van der Waals surface area contributed by atoms with Crippen LogP contribution in [0.5, 0.6) is 0 Å². The van der Waals surface area contributed by atoms with Crippen LogP contribution in [-0.4, -0.2) is 24.5 Å². The van der Waals surface area contributed by atoms with Gasteiger partial charge in [-0.1, -0.05) is 48.5 Å². The first-order valence-electron chi connectivity index (χ1n) is 7.80. The van der Waals surface area contributed by atoms with Crippen molar-refractivity contribution >= 4 is 0 Å². The van der Waals surface area contributed by atoms with E-state index in [9.17, 15) is 0 Å². The van der Waals surface area contributed by atoms with Gasteiger partial charge in [-0.15, -0.1) is 0 Å². The van der Waals surface area contributed by atoms with Crippen LogP contribution < -0.4 is 5.32 Å². The molecule has 0 amide bonds. The van der Waals surface area contributed by atoms with Gasteiger partial charge in [0.2, 0.25) is 0 Å². The zero-order valence-corrected chi connectivity index (χ0v) is 13.0. The van der Waals surface area contributed by atoms with Crippen LogP contribution >= 0.6 is 0 Å². The molecular formula is C19H24N2. The molecule has 1 atom stereocenters. The fourth-order valence-electron chi connectivity index (χ4n) is 3.24. The maximum atomic E-state index is 3.54. The Labute approximate surface area is 127 Å². The fraction of sp³-hybridized carbons (Fsp3) is 0.368. The van der Waals surface area contributed by atoms with E-state index in [-0.39, 0.29) is 0 Å². The average Bonchev–Trinajstić information content (AvgIpc) is 2.52. The van der Waals surface area contributed by atoms with Crippen molar-refractivity contribution in [2.24, 2.45) is 0 Å². The molecule has 1 heterocycles. The fourth-order valence-corrected chi connectivity index (χ4v) is 3.24. The van der Waals surface area contributed by atoms with Gasteiger partial charge in [0.05, 0.1) is 0 Å². The molecule has 2 nitrogen and oxygen atoms in total. The SMILES string of the molecule is Cc1cccc(C)c1CN1CCNCC1c1ccccc1. The van der Waals surface area contributed by atoms with E-state index in [2.05, 4.69) is 72.6 Å². The Morgan fingerprint density at radius 2 is 1.71 bits per heavy atom. The minimum absolute atomic E-state index is 0.471. The number of benzene rings is 2. The molecule has 0 aliphatic carbocycles. The molecule has 1 saturated heterocycles. The largest absolute Gasteiger partial charge is 0.314 e. The first-order valence-corrected chi connectivity index (χ1v) is 7.80. The summed E-state index contributed by atoms with van der Waals surface area (Å²) < 4.78 is 0.